The van der Waals surface area contributed by atoms with E-state index >= 15 is 0 Å². The fraction of sp³-hybridized carbons (Fsp3) is 0.500. The summed E-state index contributed by atoms with van der Waals surface area (Å²) in [5.41, 5.74) is 0.819. The van der Waals surface area contributed by atoms with E-state index < -0.39 is 0 Å². The number of hydrogen-bond acceptors (Lipinski definition) is 5. The van der Waals surface area contributed by atoms with Crippen LogP contribution in [0.3, 0.4) is 0 Å². The van der Waals surface area contributed by atoms with Crippen molar-refractivity contribution in [1.82, 2.24) is 19.9 Å². The van der Waals surface area contributed by atoms with Crippen LogP contribution in [-0.4, -0.2) is 51.9 Å². The number of nitrogens with zero attached hydrogens (tertiary/aromatic N) is 5. The van der Waals surface area contributed by atoms with Crippen molar-refractivity contribution in [2.24, 2.45) is 5.92 Å². The van der Waals surface area contributed by atoms with Crippen molar-refractivity contribution in [1.29, 1.82) is 5.26 Å². The van der Waals surface area contributed by atoms with Gasteiger partial charge in [-0.15, -0.1) is 0 Å². The quantitative estimate of drug-likeness (QED) is 0.928. The minimum absolute atomic E-state index is 0.0741. The third-order valence-electron chi connectivity index (χ3n) is 4.67. The second-order valence-corrected chi connectivity index (χ2v) is 6.06. The third kappa shape index (κ3) is 2.84. The van der Waals surface area contributed by atoms with Crippen LogP contribution in [0.4, 0.5) is 5.82 Å². The van der Waals surface area contributed by atoms with E-state index in [4.69, 9.17) is 5.26 Å². The van der Waals surface area contributed by atoms with Crippen LogP contribution in [0.1, 0.15) is 19.8 Å². The van der Waals surface area contributed by atoms with Gasteiger partial charge in [0.2, 0.25) is 5.91 Å². The number of piperidine rings is 1. The van der Waals surface area contributed by atoms with E-state index in [1.54, 1.807) is 18.3 Å². The molecule has 23 heavy (non-hydrogen) atoms. The van der Waals surface area contributed by atoms with Crippen molar-refractivity contribution in [3.63, 3.8) is 0 Å². The first-order valence-electron chi connectivity index (χ1n) is 7.77. The van der Waals surface area contributed by atoms with Gasteiger partial charge in [-0.2, -0.15) is 5.26 Å². The number of carbonyl (C=O) groups excluding carboxylic acids is 1. The molecule has 1 aliphatic heterocycles. The SMILES string of the molecule is CC1CCN(c2ncnc3[nH]ccc23)CC1N(C)C(=O)CC#N. The minimum atomic E-state index is -0.124. The summed E-state index contributed by atoms with van der Waals surface area (Å²) in [5, 5.41) is 9.74. The Hall–Kier alpha value is -2.62. The number of anilines is 1. The fourth-order valence-electron chi connectivity index (χ4n) is 3.23. The van der Waals surface area contributed by atoms with Gasteiger partial charge in [-0.1, -0.05) is 6.92 Å². The maximum absolute atomic E-state index is 12.1. The maximum atomic E-state index is 12.1. The van der Waals surface area contributed by atoms with Crippen molar-refractivity contribution in [2.75, 3.05) is 25.0 Å². The second-order valence-electron chi connectivity index (χ2n) is 6.06. The van der Waals surface area contributed by atoms with Gasteiger partial charge in [0.25, 0.3) is 0 Å². The summed E-state index contributed by atoms with van der Waals surface area (Å²) in [6.45, 7) is 3.77. The van der Waals surface area contributed by atoms with Crippen LogP contribution >= 0.6 is 0 Å². The third-order valence-corrected chi connectivity index (χ3v) is 4.67. The molecule has 1 fully saturated rings. The molecule has 2 aromatic heterocycles. The van der Waals surface area contributed by atoms with Crippen LogP contribution in [-0.2, 0) is 4.79 Å². The number of carbonyl (C=O) groups is 1. The lowest BCUT2D eigenvalue weighted by Crippen LogP contribution is -2.52. The minimum Gasteiger partial charge on any atom is -0.354 e. The number of aromatic amines is 1. The fourth-order valence-corrected chi connectivity index (χ4v) is 3.23. The zero-order valence-corrected chi connectivity index (χ0v) is 13.4. The predicted octanol–water partition coefficient (Wildman–Crippen LogP) is 1.54. The highest BCUT2D eigenvalue weighted by atomic mass is 16.2. The van der Waals surface area contributed by atoms with E-state index in [1.165, 1.54) is 0 Å². The van der Waals surface area contributed by atoms with E-state index in [9.17, 15) is 4.79 Å². The lowest BCUT2D eigenvalue weighted by molar-refractivity contribution is -0.131. The summed E-state index contributed by atoms with van der Waals surface area (Å²) >= 11 is 0. The average molecular weight is 312 g/mol. The summed E-state index contributed by atoms with van der Waals surface area (Å²) < 4.78 is 0. The molecule has 0 radical (unpaired) electrons. The molecule has 0 aromatic carbocycles. The molecule has 1 aliphatic rings. The summed E-state index contributed by atoms with van der Waals surface area (Å²) in [4.78, 5) is 27.7. The number of amides is 1. The first-order chi connectivity index (χ1) is 11.1. The standard InChI is InChI=1S/C16H20N6O/c1-11-5-8-22(9-13(11)21(2)14(23)3-6-17)16-12-4-7-18-15(12)19-10-20-16/h4,7,10-11,13H,3,5,8-9H2,1-2H3,(H,18,19,20). The maximum Gasteiger partial charge on any atom is 0.236 e. The molecule has 0 saturated carbocycles. The molecule has 2 aromatic rings. The molecule has 1 amide bonds. The highest BCUT2D eigenvalue weighted by Gasteiger charge is 2.32. The van der Waals surface area contributed by atoms with E-state index in [0.29, 0.717) is 12.5 Å². The van der Waals surface area contributed by atoms with Crippen molar-refractivity contribution in [3.05, 3.63) is 18.6 Å². The normalized spacial score (nSPS) is 21.2. The van der Waals surface area contributed by atoms with Gasteiger partial charge in [0.1, 0.15) is 24.2 Å². The topological polar surface area (TPSA) is 88.9 Å². The Labute approximate surface area is 134 Å². The summed E-state index contributed by atoms with van der Waals surface area (Å²) in [6, 6.07) is 3.99. The molecular formula is C16H20N6O. The Bertz CT molecular complexity index is 748. The summed E-state index contributed by atoms with van der Waals surface area (Å²) in [6.07, 6.45) is 4.32. The molecule has 1 saturated heterocycles. The summed E-state index contributed by atoms with van der Waals surface area (Å²) in [7, 11) is 1.79. The molecule has 7 nitrogen and oxygen atoms in total. The Kier molecular flexibility index (Phi) is 4.15. The van der Waals surface area contributed by atoms with E-state index in [2.05, 4.69) is 26.8 Å². The second kappa shape index (κ2) is 6.24. The highest BCUT2D eigenvalue weighted by molar-refractivity contribution is 5.87. The zero-order valence-electron chi connectivity index (χ0n) is 13.4. The number of nitrogens with one attached hydrogen (secondary N) is 1. The number of hydrogen-bond donors (Lipinski definition) is 1. The average Bonchev–Trinajstić information content (AvgIpc) is 3.03. The van der Waals surface area contributed by atoms with Gasteiger partial charge in [0.05, 0.1) is 17.5 Å². The number of fused-ring (bicyclic) bond motifs is 1. The zero-order chi connectivity index (χ0) is 16.4. The first-order valence-corrected chi connectivity index (χ1v) is 7.77. The van der Waals surface area contributed by atoms with Crippen LogP contribution < -0.4 is 4.90 Å². The largest absolute Gasteiger partial charge is 0.354 e. The summed E-state index contributed by atoms with van der Waals surface area (Å²) in [5.74, 6) is 1.16. The number of aromatic nitrogens is 3. The lowest BCUT2D eigenvalue weighted by atomic mass is 9.92. The molecule has 1 N–H and O–H groups in total. The van der Waals surface area contributed by atoms with Crippen LogP contribution in [0.2, 0.25) is 0 Å². The molecular weight excluding hydrogens is 292 g/mol. The van der Waals surface area contributed by atoms with Gasteiger partial charge >= 0.3 is 0 Å². The Morgan fingerprint density at radius 2 is 2.39 bits per heavy atom. The molecule has 0 aliphatic carbocycles. The Balaban J connectivity index is 1.84. The van der Waals surface area contributed by atoms with Crippen LogP contribution in [0, 0.1) is 17.2 Å². The molecule has 0 bridgehead atoms. The number of nitriles is 1. The van der Waals surface area contributed by atoms with Crippen LogP contribution in [0.15, 0.2) is 18.6 Å². The highest BCUT2D eigenvalue weighted by Crippen LogP contribution is 2.28. The van der Waals surface area contributed by atoms with Gasteiger partial charge in [0, 0.05) is 26.3 Å². The molecule has 120 valence electrons. The molecule has 3 rings (SSSR count). The van der Waals surface area contributed by atoms with Gasteiger partial charge in [-0.3, -0.25) is 4.79 Å². The van der Waals surface area contributed by atoms with E-state index in [0.717, 1.165) is 29.8 Å². The predicted molar refractivity (Wildman–Crippen MR) is 86.7 cm³/mol. The smallest absolute Gasteiger partial charge is 0.236 e. The molecule has 2 atom stereocenters. The van der Waals surface area contributed by atoms with Gasteiger partial charge in [-0.25, -0.2) is 9.97 Å². The number of rotatable bonds is 3. The van der Waals surface area contributed by atoms with Gasteiger partial charge in [0.15, 0.2) is 0 Å². The van der Waals surface area contributed by atoms with Crippen molar-refractivity contribution in [3.8, 4) is 6.07 Å². The molecule has 7 heteroatoms. The van der Waals surface area contributed by atoms with Crippen LogP contribution in [0.5, 0.6) is 0 Å². The first kappa shape index (κ1) is 15.3. The Morgan fingerprint density at radius 1 is 1.57 bits per heavy atom. The van der Waals surface area contributed by atoms with E-state index in [1.807, 2.05) is 18.3 Å². The molecule has 3 heterocycles. The van der Waals surface area contributed by atoms with Crippen molar-refractivity contribution in [2.45, 2.75) is 25.8 Å². The number of H-pyrrole nitrogens is 1. The van der Waals surface area contributed by atoms with Gasteiger partial charge < -0.3 is 14.8 Å². The van der Waals surface area contributed by atoms with E-state index in [-0.39, 0.29) is 18.4 Å². The molecule has 2 unspecified atom stereocenters. The number of likely N-dealkylation sites (N-methyl/N-ethyl adjacent to an activating group) is 1. The van der Waals surface area contributed by atoms with Crippen molar-refractivity contribution < 1.29 is 4.79 Å². The monoisotopic (exact) mass is 312 g/mol. The van der Waals surface area contributed by atoms with Crippen LogP contribution in [0.25, 0.3) is 11.0 Å². The molecule has 0 spiro atoms. The lowest BCUT2D eigenvalue weighted by Gasteiger charge is -2.42. The Morgan fingerprint density at radius 3 is 3.17 bits per heavy atom. The van der Waals surface area contributed by atoms with Gasteiger partial charge in [-0.05, 0) is 18.4 Å². The van der Waals surface area contributed by atoms with Crippen molar-refractivity contribution >= 4 is 22.8 Å².